The van der Waals surface area contributed by atoms with Crippen molar-refractivity contribution in [2.45, 2.75) is 39.5 Å². The highest BCUT2D eigenvalue weighted by Crippen LogP contribution is 2.22. The van der Waals surface area contributed by atoms with Crippen molar-refractivity contribution in [2.24, 2.45) is 11.1 Å². The fourth-order valence-corrected chi connectivity index (χ4v) is 2.91. The first kappa shape index (κ1) is 14.7. The quantitative estimate of drug-likeness (QED) is 0.453. The number of hydrogen-bond donors (Lipinski definition) is 2. The Kier molecular flexibility index (Phi) is 5.85. The normalized spacial score (nSPS) is 12.1. The van der Waals surface area contributed by atoms with Gasteiger partial charge in [-0.1, -0.05) is 19.0 Å². The van der Waals surface area contributed by atoms with E-state index in [4.69, 9.17) is 10.3 Å². The molecule has 0 unspecified atom stereocenters. The van der Waals surface area contributed by atoms with Crippen molar-refractivity contribution < 1.29 is 15.1 Å². The minimum Gasteiger partial charge on any atom is -0.481 e. The van der Waals surface area contributed by atoms with Crippen molar-refractivity contribution in [3.8, 4) is 0 Å². The third-order valence-electron chi connectivity index (χ3n) is 2.48. The van der Waals surface area contributed by atoms with Gasteiger partial charge in [-0.25, -0.2) is 0 Å². The maximum Gasteiger partial charge on any atom is 0.303 e. The molecule has 0 saturated carbocycles. The van der Waals surface area contributed by atoms with Gasteiger partial charge in [0.05, 0.1) is 10.6 Å². The number of carboxylic acid groups (broad SMARTS) is 1. The summed E-state index contributed by atoms with van der Waals surface area (Å²) in [5.41, 5.74) is 0.580. The van der Waals surface area contributed by atoms with Crippen molar-refractivity contribution in [3.05, 3.63) is 21.9 Å². The van der Waals surface area contributed by atoms with Crippen LogP contribution in [0.2, 0.25) is 0 Å². The number of carbonyl (C=O) groups is 1. The average molecular weight is 269 g/mol. The molecule has 0 aromatic carbocycles. The fourth-order valence-electron chi connectivity index (χ4n) is 1.67. The Balaban J connectivity index is 2.60. The summed E-state index contributed by atoms with van der Waals surface area (Å²) >= 11 is 1.61. The highest BCUT2D eigenvalue weighted by molar-refractivity contribution is 7.14. The van der Waals surface area contributed by atoms with Crippen molar-refractivity contribution in [1.82, 2.24) is 0 Å². The van der Waals surface area contributed by atoms with Crippen LogP contribution in [0, 0.1) is 5.92 Å². The van der Waals surface area contributed by atoms with E-state index in [1.165, 1.54) is 4.88 Å². The van der Waals surface area contributed by atoms with Gasteiger partial charge in [0, 0.05) is 11.3 Å². The molecule has 0 aliphatic heterocycles. The number of carboxylic acids is 1. The van der Waals surface area contributed by atoms with Crippen LogP contribution >= 0.6 is 11.3 Å². The van der Waals surface area contributed by atoms with Crippen molar-refractivity contribution in [3.63, 3.8) is 0 Å². The fraction of sp³-hybridized carbons (Fsp3) is 0.538. The number of aliphatic carboxylic acids is 1. The van der Waals surface area contributed by atoms with E-state index in [0.717, 1.165) is 11.3 Å². The first-order valence-electron chi connectivity index (χ1n) is 6.04. The van der Waals surface area contributed by atoms with Crippen molar-refractivity contribution in [2.75, 3.05) is 0 Å². The molecule has 1 aromatic heterocycles. The summed E-state index contributed by atoms with van der Waals surface area (Å²) in [6.45, 7) is 4.32. The van der Waals surface area contributed by atoms with Crippen LogP contribution in [0.5, 0.6) is 0 Å². The lowest BCUT2D eigenvalue weighted by Crippen LogP contribution is -2.01. The SMILES string of the molecule is CC(C)Cc1ccc(/C(CCCC(=O)O)=N/O)s1. The molecule has 100 valence electrons. The van der Waals surface area contributed by atoms with Crippen molar-refractivity contribution in [1.29, 1.82) is 0 Å². The second-order valence-corrected chi connectivity index (χ2v) is 5.83. The van der Waals surface area contributed by atoms with Crippen LogP contribution < -0.4 is 0 Å². The summed E-state index contributed by atoms with van der Waals surface area (Å²) in [6.07, 6.45) is 2.10. The average Bonchev–Trinajstić information content (AvgIpc) is 2.71. The van der Waals surface area contributed by atoms with Gasteiger partial charge in [-0.2, -0.15) is 0 Å². The Morgan fingerprint density at radius 3 is 2.67 bits per heavy atom. The number of hydrogen-bond acceptors (Lipinski definition) is 4. The topological polar surface area (TPSA) is 69.9 Å². The smallest absolute Gasteiger partial charge is 0.303 e. The summed E-state index contributed by atoms with van der Waals surface area (Å²) in [7, 11) is 0. The molecular formula is C13H19NO3S. The second kappa shape index (κ2) is 7.16. The first-order valence-corrected chi connectivity index (χ1v) is 6.86. The predicted octanol–water partition coefficient (Wildman–Crippen LogP) is 3.38. The maximum absolute atomic E-state index is 10.4. The van der Waals surface area contributed by atoms with Gasteiger partial charge in [0.2, 0.25) is 0 Å². The molecule has 0 amide bonds. The minimum atomic E-state index is -0.820. The second-order valence-electron chi connectivity index (χ2n) is 4.66. The highest BCUT2D eigenvalue weighted by Gasteiger charge is 2.10. The molecule has 2 N–H and O–H groups in total. The lowest BCUT2D eigenvalue weighted by Gasteiger charge is -2.01. The molecule has 0 bridgehead atoms. The number of thiophene rings is 1. The Morgan fingerprint density at radius 1 is 1.39 bits per heavy atom. The van der Waals surface area contributed by atoms with Gasteiger partial charge in [0.1, 0.15) is 0 Å². The lowest BCUT2D eigenvalue weighted by molar-refractivity contribution is -0.137. The molecule has 0 aliphatic rings. The van der Waals surface area contributed by atoms with E-state index in [2.05, 4.69) is 19.0 Å². The molecule has 0 saturated heterocycles. The van der Waals surface area contributed by atoms with E-state index in [9.17, 15) is 4.79 Å². The predicted molar refractivity (Wildman–Crippen MR) is 72.7 cm³/mol. The van der Waals surface area contributed by atoms with Crippen LogP contribution in [0.3, 0.4) is 0 Å². The van der Waals surface area contributed by atoms with Crippen LogP contribution in [0.25, 0.3) is 0 Å². The largest absolute Gasteiger partial charge is 0.481 e. The Labute approximate surface area is 111 Å². The molecular weight excluding hydrogens is 250 g/mol. The number of rotatable bonds is 7. The molecule has 18 heavy (non-hydrogen) atoms. The third-order valence-corrected chi connectivity index (χ3v) is 3.64. The third kappa shape index (κ3) is 4.87. The van der Waals surface area contributed by atoms with E-state index in [0.29, 0.717) is 24.5 Å². The molecule has 1 aromatic rings. The molecule has 4 nitrogen and oxygen atoms in total. The highest BCUT2D eigenvalue weighted by atomic mass is 32.1. The van der Waals surface area contributed by atoms with Gasteiger partial charge >= 0.3 is 5.97 Å². The van der Waals surface area contributed by atoms with Crippen LogP contribution in [-0.4, -0.2) is 22.0 Å². The summed E-state index contributed by atoms with van der Waals surface area (Å²) in [4.78, 5) is 12.6. The van der Waals surface area contributed by atoms with Crippen LogP contribution in [0.15, 0.2) is 17.3 Å². The van der Waals surface area contributed by atoms with Crippen molar-refractivity contribution >= 4 is 23.0 Å². The van der Waals surface area contributed by atoms with E-state index in [-0.39, 0.29) is 6.42 Å². The summed E-state index contributed by atoms with van der Waals surface area (Å²) in [5.74, 6) is -0.225. The molecule has 1 heterocycles. The first-order chi connectivity index (χ1) is 8.52. The molecule has 0 spiro atoms. The van der Waals surface area contributed by atoms with Gasteiger partial charge in [-0.3, -0.25) is 4.79 Å². The molecule has 1 rings (SSSR count). The summed E-state index contributed by atoms with van der Waals surface area (Å²) < 4.78 is 0. The monoisotopic (exact) mass is 269 g/mol. The van der Waals surface area contributed by atoms with E-state index < -0.39 is 5.97 Å². The van der Waals surface area contributed by atoms with E-state index >= 15 is 0 Å². The van der Waals surface area contributed by atoms with Crippen LogP contribution in [0.4, 0.5) is 0 Å². The summed E-state index contributed by atoms with van der Waals surface area (Å²) in [6, 6.07) is 3.99. The molecule has 0 radical (unpaired) electrons. The number of nitrogens with zero attached hydrogens (tertiary/aromatic N) is 1. The Bertz CT molecular complexity index is 424. The van der Waals surface area contributed by atoms with Gasteiger partial charge in [-0.05, 0) is 37.3 Å². The standard InChI is InChI=1S/C13H19NO3S/c1-9(2)8-10-6-7-12(18-10)11(14-17)4-3-5-13(15)16/h6-7,9,17H,3-5,8H2,1-2H3,(H,15,16)/b14-11+. The van der Waals surface area contributed by atoms with Gasteiger partial charge in [0.15, 0.2) is 0 Å². The lowest BCUT2D eigenvalue weighted by atomic mass is 10.1. The molecule has 0 atom stereocenters. The minimum absolute atomic E-state index is 0.100. The van der Waals surface area contributed by atoms with Gasteiger partial charge in [-0.15, -0.1) is 11.3 Å². The van der Waals surface area contributed by atoms with Gasteiger partial charge < -0.3 is 10.3 Å². The molecule has 0 fully saturated rings. The Morgan fingerprint density at radius 2 is 2.11 bits per heavy atom. The van der Waals surface area contributed by atoms with E-state index in [1.807, 2.05) is 12.1 Å². The zero-order valence-corrected chi connectivity index (χ0v) is 11.5. The van der Waals surface area contributed by atoms with Gasteiger partial charge in [0.25, 0.3) is 0 Å². The van der Waals surface area contributed by atoms with Crippen LogP contribution in [-0.2, 0) is 11.2 Å². The Hall–Kier alpha value is -1.36. The number of oxime groups is 1. The van der Waals surface area contributed by atoms with Crippen LogP contribution in [0.1, 0.15) is 42.9 Å². The molecule has 5 heteroatoms. The molecule has 0 aliphatic carbocycles. The zero-order chi connectivity index (χ0) is 13.5. The zero-order valence-electron chi connectivity index (χ0n) is 10.7. The van der Waals surface area contributed by atoms with E-state index in [1.54, 1.807) is 11.3 Å². The maximum atomic E-state index is 10.4. The summed E-state index contributed by atoms with van der Waals surface area (Å²) in [5, 5.41) is 20.8.